The third-order valence-corrected chi connectivity index (χ3v) is 13.4. The summed E-state index contributed by atoms with van der Waals surface area (Å²) in [5.41, 5.74) is 0. The number of carbonyl (C=O) groups is 1. The fourth-order valence-corrected chi connectivity index (χ4v) is 8.55. The minimum atomic E-state index is -4.61. The van der Waals surface area contributed by atoms with Crippen LogP contribution in [-0.2, 0) is 18.4 Å². The molecule has 0 heterocycles. The number of rotatable bonds is 52. The van der Waals surface area contributed by atoms with Crippen LogP contribution in [-0.4, -0.2) is 68.5 Å². The van der Waals surface area contributed by atoms with E-state index in [-0.39, 0.29) is 12.5 Å². The predicted octanol–water partition coefficient (Wildman–Crippen LogP) is 17.5. The van der Waals surface area contributed by atoms with Gasteiger partial charge in [0.25, 0.3) is 7.82 Å². The lowest BCUT2D eigenvalue weighted by Gasteiger charge is -2.29. The molecule has 0 fully saturated rings. The van der Waals surface area contributed by atoms with Gasteiger partial charge in [0.05, 0.1) is 39.9 Å². The first-order valence-electron chi connectivity index (χ1n) is 29.4. The highest BCUT2D eigenvalue weighted by molar-refractivity contribution is 7.45. The maximum atomic E-state index is 12.9. The van der Waals surface area contributed by atoms with Crippen molar-refractivity contribution >= 4 is 13.7 Å². The molecule has 0 bridgehead atoms. The highest BCUT2D eigenvalue weighted by atomic mass is 31.2. The summed E-state index contributed by atoms with van der Waals surface area (Å²) in [5, 5.41) is 13.8. The minimum absolute atomic E-state index is 0.0118. The normalized spacial score (nSPS) is 14.8. The summed E-state index contributed by atoms with van der Waals surface area (Å²) in [6.07, 6.45) is 80.0. The van der Waals surface area contributed by atoms with Gasteiger partial charge in [0.2, 0.25) is 5.91 Å². The molecule has 3 atom stereocenters. The number of aliphatic hydroxyl groups is 1. The van der Waals surface area contributed by atoms with E-state index in [1.165, 1.54) is 116 Å². The summed E-state index contributed by atoms with van der Waals surface area (Å²) >= 11 is 0. The van der Waals surface area contributed by atoms with Crippen LogP contribution in [0.15, 0.2) is 122 Å². The highest BCUT2D eigenvalue weighted by Crippen LogP contribution is 2.38. The van der Waals surface area contributed by atoms with Gasteiger partial charge in [-0.2, -0.15) is 0 Å². The number of amides is 1. The third kappa shape index (κ3) is 56.5. The smallest absolute Gasteiger partial charge is 0.268 e. The molecule has 0 saturated heterocycles. The van der Waals surface area contributed by atoms with Gasteiger partial charge in [0.15, 0.2) is 0 Å². The van der Waals surface area contributed by atoms with Crippen molar-refractivity contribution in [1.82, 2.24) is 5.32 Å². The maximum absolute atomic E-state index is 12.9. The van der Waals surface area contributed by atoms with Gasteiger partial charge in [0.1, 0.15) is 13.2 Å². The molecular formula is C64H111N2O6P. The molecule has 0 aliphatic rings. The first-order valence-corrected chi connectivity index (χ1v) is 30.9. The maximum Gasteiger partial charge on any atom is 0.268 e. The number of allylic oxidation sites excluding steroid dienone is 19. The van der Waals surface area contributed by atoms with Gasteiger partial charge in [-0.25, -0.2) is 0 Å². The van der Waals surface area contributed by atoms with Crippen LogP contribution in [0.2, 0.25) is 0 Å². The quantitative estimate of drug-likeness (QED) is 0.0272. The number of carbonyl (C=O) groups excluding carboxylic acids is 1. The van der Waals surface area contributed by atoms with Crippen molar-refractivity contribution in [3.8, 4) is 0 Å². The van der Waals surface area contributed by atoms with Crippen molar-refractivity contribution in [2.45, 2.75) is 238 Å². The van der Waals surface area contributed by atoms with E-state index in [9.17, 15) is 19.4 Å². The summed E-state index contributed by atoms with van der Waals surface area (Å²) in [7, 11) is 1.23. The van der Waals surface area contributed by atoms with Gasteiger partial charge in [-0.05, 0) is 96.3 Å². The number of nitrogens with zero attached hydrogens (tertiary/aromatic N) is 1. The first-order chi connectivity index (χ1) is 35.5. The monoisotopic (exact) mass is 1030 g/mol. The standard InChI is InChI=1S/C64H111N2O6P/c1-6-8-10-12-14-16-18-20-22-23-24-25-26-27-28-29-30-31-32-33-34-35-36-37-38-39-40-41-42-43-44-46-48-50-52-54-56-58-64(68)65-62(61-72-73(69,70)71-60-59-66(3,4)5)63(67)57-55-53-51-49-47-45-21-19-17-15-13-11-9-7-2/h8,10,14,16,20,22,24-25,27-28,30-31,33-34,36-37,47,49,55,57,62-63,67H,6-7,9,11-13,15,17-19,21,23,26,29,32,35,38-46,48,50-54,56,58-61H2,1-5H3,(H-,65,68,69,70)/b10-8-,16-14-,22-20-,25-24-,28-27-,31-30-,34-33-,37-36-,49-47+,57-55+. The zero-order valence-electron chi connectivity index (χ0n) is 47.5. The van der Waals surface area contributed by atoms with Crippen molar-refractivity contribution in [2.75, 3.05) is 40.9 Å². The SMILES string of the molecule is CC/C=C\C/C=C\C/C=C\C/C=C\C/C=C\C/C=C\C/C=C\C/C=C\CCCCCCCCCCCCCCC(=O)NC(COP(=O)([O-])OCC[N+](C)(C)C)C(O)/C=C/CC/C=C/CCCCCCCCCC. The highest BCUT2D eigenvalue weighted by Gasteiger charge is 2.23. The van der Waals surface area contributed by atoms with Crippen LogP contribution in [0.1, 0.15) is 226 Å². The van der Waals surface area contributed by atoms with E-state index >= 15 is 0 Å². The lowest BCUT2D eigenvalue weighted by atomic mass is 10.0. The fraction of sp³-hybridized carbons (Fsp3) is 0.672. The Morgan fingerprint density at radius 2 is 0.849 bits per heavy atom. The van der Waals surface area contributed by atoms with Crippen LogP contribution < -0.4 is 10.2 Å². The Kier molecular flexibility index (Phi) is 51.4. The second-order valence-corrected chi connectivity index (χ2v) is 22.0. The van der Waals surface area contributed by atoms with E-state index in [4.69, 9.17) is 9.05 Å². The summed E-state index contributed by atoms with van der Waals surface area (Å²) in [6, 6.07) is -0.911. The summed E-state index contributed by atoms with van der Waals surface area (Å²) in [4.78, 5) is 25.5. The average molecular weight is 1040 g/mol. The second-order valence-electron chi connectivity index (χ2n) is 20.6. The number of likely N-dealkylation sites (N-methyl/N-ethyl adjacent to an activating group) is 1. The number of unbranched alkanes of at least 4 members (excludes halogenated alkanes) is 21. The lowest BCUT2D eigenvalue weighted by molar-refractivity contribution is -0.870. The molecule has 0 aliphatic carbocycles. The molecule has 9 heteroatoms. The number of aliphatic hydroxyl groups excluding tert-OH is 1. The van der Waals surface area contributed by atoms with Crippen LogP contribution in [0.4, 0.5) is 0 Å². The summed E-state index contributed by atoms with van der Waals surface area (Å²) in [5.74, 6) is -0.215. The van der Waals surface area contributed by atoms with Gasteiger partial charge in [-0.15, -0.1) is 0 Å². The zero-order valence-corrected chi connectivity index (χ0v) is 48.4. The van der Waals surface area contributed by atoms with Gasteiger partial charge in [0, 0.05) is 6.42 Å². The molecule has 0 saturated carbocycles. The van der Waals surface area contributed by atoms with Crippen molar-refractivity contribution in [3.63, 3.8) is 0 Å². The summed E-state index contributed by atoms with van der Waals surface area (Å²) < 4.78 is 23.3. The van der Waals surface area contributed by atoms with E-state index < -0.39 is 26.6 Å². The zero-order chi connectivity index (χ0) is 53.5. The number of phosphoric acid groups is 1. The first kappa shape index (κ1) is 69.9. The van der Waals surface area contributed by atoms with E-state index in [0.717, 1.165) is 89.9 Å². The number of hydrogen-bond donors (Lipinski definition) is 2. The van der Waals surface area contributed by atoms with Gasteiger partial charge in [-0.1, -0.05) is 245 Å². The molecule has 8 nitrogen and oxygen atoms in total. The topological polar surface area (TPSA) is 108 Å². The van der Waals surface area contributed by atoms with E-state index in [2.05, 4.69) is 129 Å². The Morgan fingerprint density at radius 1 is 0.493 bits per heavy atom. The molecule has 0 aromatic heterocycles. The Balaban J connectivity index is 4.12. The van der Waals surface area contributed by atoms with Crippen LogP contribution >= 0.6 is 7.82 Å². The molecule has 0 aromatic carbocycles. The van der Waals surface area contributed by atoms with Crippen molar-refractivity contribution in [1.29, 1.82) is 0 Å². The molecule has 0 radical (unpaired) electrons. The van der Waals surface area contributed by atoms with Gasteiger partial charge >= 0.3 is 0 Å². The number of quaternary nitrogens is 1. The Labute approximate surface area is 450 Å². The van der Waals surface area contributed by atoms with Crippen molar-refractivity contribution in [3.05, 3.63) is 122 Å². The molecule has 73 heavy (non-hydrogen) atoms. The predicted molar refractivity (Wildman–Crippen MR) is 315 cm³/mol. The van der Waals surface area contributed by atoms with Crippen molar-refractivity contribution in [2.24, 2.45) is 0 Å². The molecule has 2 N–H and O–H groups in total. The van der Waals surface area contributed by atoms with E-state index in [0.29, 0.717) is 17.4 Å². The van der Waals surface area contributed by atoms with Crippen molar-refractivity contribution < 1.29 is 32.9 Å². The number of hydrogen-bond acceptors (Lipinski definition) is 6. The summed E-state index contributed by atoms with van der Waals surface area (Å²) in [6.45, 7) is 4.49. The molecule has 0 rings (SSSR count). The molecule has 0 aromatic rings. The molecular weight excluding hydrogens is 924 g/mol. The molecule has 1 amide bonds. The van der Waals surface area contributed by atoms with E-state index in [1.54, 1.807) is 6.08 Å². The lowest BCUT2D eigenvalue weighted by Crippen LogP contribution is -2.45. The number of nitrogens with one attached hydrogen (secondary N) is 1. The van der Waals surface area contributed by atoms with Crippen LogP contribution in [0.5, 0.6) is 0 Å². The number of phosphoric ester groups is 1. The molecule has 0 aliphatic heterocycles. The molecule has 0 spiro atoms. The Morgan fingerprint density at radius 3 is 1.27 bits per heavy atom. The fourth-order valence-electron chi connectivity index (χ4n) is 7.83. The Hall–Kier alpha value is -3.10. The van der Waals surface area contributed by atoms with Gasteiger partial charge < -0.3 is 28.8 Å². The minimum Gasteiger partial charge on any atom is -0.756 e. The average Bonchev–Trinajstić information content (AvgIpc) is 3.35. The van der Waals surface area contributed by atoms with E-state index in [1.807, 2.05) is 27.2 Å². The Bertz CT molecular complexity index is 1600. The third-order valence-electron chi connectivity index (χ3n) is 12.4. The van der Waals surface area contributed by atoms with Gasteiger partial charge in [-0.3, -0.25) is 9.36 Å². The van der Waals surface area contributed by atoms with Crippen LogP contribution in [0.25, 0.3) is 0 Å². The molecule has 3 unspecified atom stereocenters. The second kappa shape index (κ2) is 53.7. The van der Waals surface area contributed by atoms with Crippen LogP contribution in [0, 0.1) is 0 Å². The van der Waals surface area contributed by atoms with Crippen LogP contribution in [0.3, 0.4) is 0 Å². The largest absolute Gasteiger partial charge is 0.756 e. The molecule has 418 valence electrons.